The zero-order valence-electron chi connectivity index (χ0n) is 12.4. The van der Waals surface area contributed by atoms with Gasteiger partial charge < -0.3 is 10.1 Å². The van der Waals surface area contributed by atoms with E-state index in [9.17, 15) is 4.79 Å². The fraction of sp³-hybridized carbons (Fsp3) is 0.562. The molecule has 0 aliphatic carbocycles. The average molecular weight is 276 g/mol. The molecule has 20 heavy (non-hydrogen) atoms. The Balaban J connectivity index is 2.09. The molecule has 110 valence electrons. The summed E-state index contributed by atoms with van der Waals surface area (Å²) in [6, 6.07) is 8.81. The van der Waals surface area contributed by atoms with Crippen LogP contribution in [0.1, 0.15) is 30.5 Å². The minimum absolute atomic E-state index is 0.107. The van der Waals surface area contributed by atoms with Gasteiger partial charge in [-0.15, -0.1) is 0 Å². The first-order chi connectivity index (χ1) is 9.70. The molecule has 0 radical (unpaired) electrons. The van der Waals surface area contributed by atoms with Gasteiger partial charge in [0.05, 0.1) is 19.3 Å². The zero-order valence-corrected chi connectivity index (χ0v) is 12.4. The number of morpholine rings is 1. The molecule has 4 heteroatoms. The van der Waals surface area contributed by atoms with Crippen LogP contribution < -0.4 is 5.32 Å². The van der Waals surface area contributed by atoms with Crippen LogP contribution in [0.3, 0.4) is 0 Å². The van der Waals surface area contributed by atoms with Crippen molar-refractivity contribution in [1.29, 1.82) is 0 Å². The third-order valence-corrected chi connectivity index (χ3v) is 3.76. The minimum Gasteiger partial charge on any atom is -0.379 e. The van der Waals surface area contributed by atoms with Crippen molar-refractivity contribution in [1.82, 2.24) is 10.2 Å². The van der Waals surface area contributed by atoms with Gasteiger partial charge in [0.2, 0.25) is 5.91 Å². The number of carbonyl (C=O) groups is 1. The summed E-state index contributed by atoms with van der Waals surface area (Å²) in [6.45, 7) is 8.00. The van der Waals surface area contributed by atoms with E-state index in [-0.39, 0.29) is 11.9 Å². The van der Waals surface area contributed by atoms with Crippen molar-refractivity contribution in [2.45, 2.75) is 26.3 Å². The van der Waals surface area contributed by atoms with E-state index in [1.807, 2.05) is 6.92 Å². The van der Waals surface area contributed by atoms with E-state index >= 15 is 0 Å². The van der Waals surface area contributed by atoms with Crippen LogP contribution in [0, 0.1) is 6.92 Å². The normalized spacial score (nSPS) is 17.7. The van der Waals surface area contributed by atoms with E-state index in [1.165, 1.54) is 11.1 Å². The number of hydrogen-bond acceptors (Lipinski definition) is 3. The molecule has 1 atom stereocenters. The van der Waals surface area contributed by atoms with Crippen molar-refractivity contribution in [3.63, 3.8) is 0 Å². The van der Waals surface area contributed by atoms with Gasteiger partial charge in [0.1, 0.15) is 0 Å². The highest BCUT2D eigenvalue weighted by Gasteiger charge is 2.22. The van der Waals surface area contributed by atoms with Crippen molar-refractivity contribution < 1.29 is 9.53 Å². The van der Waals surface area contributed by atoms with Crippen LogP contribution in [0.25, 0.3) is 0 Å². The number of carbonyl (C=O) groups excluding carboxylic acids is 1. The van der Waals surface area contributed by atoms with Gasteiger partial charge in [0.25, 0.3) is 0 Å². The smallest absolute Gasteiger partial charge is 0.219 e. The topological polar surface area (TPSA) is 41.6 Å². The van der Waals surface area contributed by atoms with Crippen LogP contribution in [0.5, 0.6) is 0 Å². The largest absolute Gasteiger partial charge is 0.379 e. The molecule has 1 unspecified atom stereocenters. The number of amides is 1. The third kappa shape index (κ3) is 4.05. The van der Waals surface area contributed by atoms with Gasteiger partial charge in [-0.2, -0.15) is 0 Å². The van der Waals surface area contributed by atoms with Crippen LogP contribution in [-0.2, 0) is 9.53 Å². The predicted octanol–water partition coefficient (Wildman–Crippen LogP) is 1.89. The number of nitrogens with one attached hydrogen (secondary N) is 1. The number of rotatable bonds is 5. The lowest BCUT2D eigenvalue weighted by molar-refractivity contribution is -0.121. The van der Waals surface area contributed by atoms with E-state index in [0.29, 0.717) is 13.0 Å². The Labute approximate surface area is 121 Å². The Morgan fingerprint density at radius 3 is 2.55 bits per heavy atom. The summed E-state index contributed by atoms with van der Waals surface area (Å²) in [4.78, 5) is 13.9. The lowest BCUT2D eigenvalue weighted by Gasteiger charge is -2.35. The number of benzene rings is 1. The monoisotopic (exact) mass is 276 g/mol. The highest BCUT2D eigenvalue weighted by atomic mass is 16.5. The van der Waals surface area contributed by atoms with E-state index in [4.69, 9.17) is 4.74 Å². The molecule has 0 aromatic heterocycles. The molecule has 1 aliphatic rings. The second-order valence-corrected chi connectivity index (χ2v) is 5.23. The van der Waals surface area contributed by atoms with Crippen molar-refractivity contribution in [2.75, 3.05) is 32.8 Å². The predicted molar refractivity (Wildman–Crippen MR) is 79.6 cm³/mol. The van der Waals surface area contributed by atoms with Crippen LogP contribution in [0.15, 0.2) is 24.3 Å². The summed E-state index contributed by atoms with van der Waals surface area (Å²) >= 11 is 0. The molecule has 1 aromatic rings. The van der Waals surface area contributed by atoms with Gasteiger partial charge in [-0.25, -0.2) is 0 Å². The van der Waals surface area contributed by atoms with Crippen molar-refractivity contribution in [2.24, 2.45) is 0 Å². The maximum atomic E-state index is 11.5. The second kappa shape index (κ2) is 7.41. The summed E-state index contributed by atoms with van der Waals surface area (Å²) in [5, 5.41) is 3.02. The Morgan fingerprint density at radius 2 is 1.95 bits per heavy atom. The van der Waals surface area contributed by atoms with Gasteiger partial charge in [-0.05, 0) is 12.5 Å². The summed E-state index contributed by atoms with van der Waals surface area (Å²) in [6.07, 6.45) is 0.531. The molecular weight excluding hydrogens is 252 g/mol. The Kier molecular flexibility index (Phi) is 5.56. The van der Waals surface area contributed by atoms with E-state index in [2.05, 4.69) is 41.4 Å². The zero-order chi connectivity index (χ0) is 14.4. The molecule has 1 fully saturated rings. The number of hydrogen-bond donors (Lipinski definition) is 1. The van der Waals surface area contributed by atoms with Crippen molar-refractivity contribution in [3.05, 3.63) is 35.4 Å². The Morgan fingerprint density at radius 1 is 1.30 bits per heavy atom. The average Bonchev–Trinajstić information content (AvgIpc) is 2.50. The van der Waals surface area contributed by atoms with E-state index in [0.717, 1.165) is 26.3 Å². The van der Waals surface area contributed by atoms with Crippen LogP contribution in [0.2, 0.25) is 0 Å². The molecule has 1 N–H and O–H groups in total. The molecular formula is C16H24N2O2. The fourth-order valence-electron chi connectivity index (χ4n) is 2.47. The highest BCUT2D eigenvalue weighted by molar-refractivity contribution is 5.75. The van der Waals surface area contributed by atoms with Gasteiger partial charge in [0.15, 0.2) is 0 Å². The molecule has 1 aromatic carbocycles. The molecule has 1 aliphatic heterocycles. The summed E-state index contributed by atoms with van der Waals surface area (Å²) in [5.74, 6) is 0.107. The third-order valence-electron chi connectivity index (χ3n) is 3.76. The molecule has 4 nitrogen and oxygen atoms in total. The summed E-state index contributed by atoms with van der Waals surface area (Å²) < 4.78 is 5.42. The number of nitrogens with zero attached hydrogens (tertiary/aromatic N) is 1. The van der Waals surface area contributed by atoms with Gasteiger partial charge in [0, 0.05) is 26.1 Å². The van der Waals surface area contributed by atoms with E-state index in [1.54, 1.807) is 0 Å². The Hall–Kier alpha value is -1.39. The molecule has 0 spiro atoms. The lowest BCUT2D eigenvalue weighted by atomic mass is 10.0. The van der Waals surface area contributed by atoms with Gasteiger partial charge >= 0.3 is 0 Å². The first-order valence-corrected chi connectivity index (χ1v) is 7.35. The van der Waals surface area contributed by atoms with E-state index < -0.39 is 0 Å². The maximum absolute atomic E-state index is 11.5. The number of ether oxygens (including phenoxy) is 1. The van der Waals surface area contributed by atoms with Crippen LogP contribution >= 0.6 is 0 Å². The van der Waals surface area contributed by atoms with Crippen molar-refractivity contribution >= 4 is 5.91 Å². The molecule has 1 heterocycles. The molecule has 1 saturated heterocycles. The number of aryl methyl sites for hydroxylation is 1. The molecule has 1 amide bonds. The lowest BCUT2D eigenvalue weighted by Crippen LogP contribution is -2.43. The summed E-state index contributed by atoms with van der Waals surface area (Å²) in [5.41, 5.74) is 2.51. The highest BCUT2D eigenvalue weighted by Crippen LogP contribution is 2.21. The summed E-state index contributed by atoms with van der Waals surface area (Å²) in [7, 11) is 0. The van der Waals surface area contributed by atoms with Crippen LogP contribution in [0.4, 0.5) is 0 Å². The fourth-order valence-corrected chi connectivity index (χ4v) is 2.47. The second-order valence-electron chi connectivity index (χ2n) is 5.23. The first-order valence-electron chi connectivity index (χ1n) is 7.35. The standard InChI is InChI=1S/C16H24N2O2/c1-3-16(19)17-12-15(18-8-10-20-11-9-18)14-6-4-13(2)5-7-14/h4-7,15H,3,8-12H2,1-2H3,(H,17,19). The van der Waals surface area contributed by atoms with Crippen LogP contribution in [-0.4, -0.2) is 43.7 Å². The quantitative estimate of drug-likeness (QED) is 0.893. The van der Waals surface area contributed by atoms with Gasteiger partial charge in [-0.3, -0.25) is 9.69 Å². The molecule has 0 bridgehead atoms. The molecule has 2 rings (SSSR count). The first kappa shape index (κ1) is 15.0. The maximum Gasteiger partial charge on any atom is 0.219 e. The minimum atomic E-state index is 0.107. The van der Waals surface area contributed by atoms with Gasteiger partial charge in [-0.1, -0.05) is 36.8 Å². The Bertz CT molecular complexity index is 425. The molecule has 0 saturated carbocycles. The SMILES string of the molecule is CCC(=O)NCC(c1ccc(C)cc1)N1CCOCC1. The van der Waals surface area contributed by atoms with Crippen molar-refractivity contribution in [3.8, 4) is 0 Å².